The molecule has 0 bridgehead atoms. The van der Waals surface area contributed by atoms with Crippen molar-refractivity contribution >= 4 is 71.7 Å². The molecule has 0 unspecified atom stereocenters. The van der Waals surface area contributed by atoms with Gasteiger partial charge < -0.3 is 4.57 Å². The monoisotopic (exact) mass is 853 g/mol. The van der Waals surface area contributed by atoms with Crippen LogP contribution in [0, 0.1) is 5.41 Å². The van der Waals surface area contributed by atoms with Gasteiger partial charge in [0, 0.05) is 27.6 Å². The predicted octanol–water partition coefficient (Wildman–Crippen LogP) is 16.8. The Morgan fingerprint density at radius 2 is 1.00 bits per heavy atom. The Hall–Kier alpha value is -8.92. The minimum absolute atomic E-state index is 0.214. The fourth-order valence-corrected chi connectivity index (χ4v) is 9.84. The molecule has 0 saturated carbocycles. The normalized spacial score (nSPS) is 12.0. The van der Waals surface area contributed by atoms with Crippen LogP contribution < -0.4 is 0 Å². The highest BCUT2D eigenvalue weighted by atomic mass is 15.0. The zero-order chi connectivity index (χ0) is 44.7. The van der Waals surface area contributed by atoms with Crippen LogP contribution in [0.3, 0.4) is 0 Å². The van der Waals surface area contributed by atoms with Gasteiger partial charge in [-0.3, -0.25) is 5.41 Å². The second-order valence-corrected chi connectivity index (χ2v) is 17.1. The number of hydrogen-bond acceptors (Lipinski definition) is 1. The van der Waals surface area contributed by atoms with Gasteiger partial charge in [-0.1, -0.05) is 218 Å². The molecule has 1 heterocycles. The Kier molecular flexibility index (Phi) is 10.00. The quantitative estimate of drug-likeness (QED) is 0.0685. The zero-order valence-corrected chi connectivity index (χ0v) is 36.6. The molecule has 0 atom stereocenters. The van der Waals surface area contributed by atoms with Crippen LogP contribution in [0.1, 0.15) is 16.7 Å². The van der Waals surface area contributed by atoms with E-state index in [1.54, 1.807) is 0 Å². The Morgan fingerprint density at radius 1 is 0.403 bits per heavy atom. The molecule has 11 aromatic carbocycles. The van der Waals surface area contributed by atoms with Crippen molar-refractivity contribution in [2.45, 2.75) is 0 Å². The molecule has 0 radical (unpaired) electrons. The molecule has 12 rings (SSSR count). The molecule has 0 spiro atoms. The Morgan fingerprint density at radius 3 is 1.76 bits per heavy atom. The first-order valence-corrected chi connectivity index (χ1v) is 22.8. The van der Waals surface area contributed by atoms with Gasteiger partial charge in [-0.25, -0.2) is 4.99 Å². The third-order valence-electron chi connectivity index (χ3n) is 13.1. The SMILES string of the molecule is N=C(N=C(/C=C/c1ccc(-c2ccc(-c3c4ccccc4cc4c3ccc3ccccc34)cc2)cc1)c1ccc(-c2cccc3c2c2ccccc2n3-c2ccccc2)cc1)c1ccccc1. The summed E-state index contributed by atoms with van der Waals surface area (Å²) < 4.78 is 2.35. The number of allylic oxidation sites excluding steroid dienone is 1. The highest BCUT2D eigenvalue weighted by Crippen LogP contribution is 2.41. The number of aromatic nitrogens is 1. The lowest BCUT2D eigenvalue weighted by Crippen LogP contribution is -2.03. The minimum atomic E-state index is 0.214. The first kappa shape index (κ1) is 39.7. The number of benzene rings is 11. The van der Waals surface area contributed by atoms with E-state index >= 15 is 0 Å². The summed E-state index contributed by atoms with van der Waals surface area (Å²) in [5, 5.41) is 19.0. The van der Waals surface area contributed by atoms with E-state index in [0.717, 1.165) is 39.1 Å². The summed E-state index contributed by atoms with van der Waals surface area (Å²) in [7, 11) is 0. The third-order valence-corrected chi connectivity index (χ3v) is 13.1. The van der Waals surface area contributed by atoms with Crippen molar-refractivity contribution in [2.24, 2.45) is 4.99 Å². The number of nitrogens with zero attached hydrogens (tertiary/aromatic N) is 2. The average Bonchev–Trinajstić information content (AvgIpc) is 3.74. The van der Waals surface area contributed by atoms with Crippen LogP contribution in [-0.2, 0) is 0 Å². The highest BCUT2D eigenvalue weighted by Gasteiger charge is 2.17. The van der Waals surface area contributed by atoms with Gasteiger partial charge in [0.15, 0.2) is 5.84 Å². The largest absolute Gasteiger partial charge is 0.309 e. The Labute approximate surface area is 389 Å². The summed E-state index contributed by atoms with van der Waals surface area (Å²) in [6.45, 7) is 0. The van der Waals surface area contributed by atoms with Crippen LogP contribution in [0.4, 0.5) is 0 Å². The smallest absolute Gasteiger partial charge is 0.152 e. The summed E-state index contributed by atoms with van der Waals surface area (Å²) in [4.78, 5) is 4.92. The fourth-order valence-electron chi connectivity index (χ4n) is 9.84. The maximum atomic E-state index is 8.99. The predicted molar refractivity (Wildman–Crippen MR) is 285 cm³/mol. The van der Waals surface area contributed by atoms with Crippen LogP contribution in [0.5, 0.6) is 0 Å². The third kappa shape index (κ3) is 7.29. The topological polar surface area (TPSA) is 41.1 Å². The molecule has 314 valence electrons. The minimum Gasteiger partial charge on any atom is -0.309 e. The maximum absolute atomic E-state index is 8.99. The van der Waals surface area contributed by atoms with Gasteiger partial charge in [0.1, 0.15) is 0 Å². The molecule has 0 aliphatic carbocycles. The highest BCUT2D eigenvalue weighted by molar-refractivity contribution is 6.21. The number of nitrogens with one attached hydrogen (secondary N) is 1. The molecule has 0 aliphatic heterocycles. The fraction of sp³-hybridized carbons (Fsp3) is 0. The van der Waals surface area contributed by atoms with E-state index in [4.69, 9.17) is 10.4 Å². The van der Waals surface area contributed by atoms with Crippen molar-refractivity contribution in [1.29, 1.82) is 5.41 Å². The number of para-hydroxylation sites is 2. The number of hydrogen-bond donors (Lipinski definition) is 1. The number of amidine groups is 1. The van der Waals surface area contributed by atoms with Crippen LogP contribution in [0.2, 0.25) is 0 Å². The van der Waals surface area contributed by atoms with Gasteiger partial charge >= 0.3 is 0 Å². The zero-order valence-electron chi connectivity index (χ0n) is 36.6. The van der Waals surface area contributed by atoms with Crippen LogP contribution in [0.25, 0.3) is 99.3 Å². The van der Waals surface area contributed by atoms with E-state index in [2.05, 4.69) is 223 Å². The molecule has 0 saturated heterocycles. The maximum Gasteiger partial charge on any atom is 0.152 e. The van der Waals surface area contributed by atoms with E-state index in [1.807, 2.05) is 36.4 Å². The molecule has 3 heteroatoms. The van der Waals surface area contributed by atoms with Gasteiger partial charge in [0.05, 0.1) is 16.7 Å². The number of rotatable bonds is 8. The van der Waals surface area contributed by atoms with Crippen LogP contribution in [0.15, 0.2) is 254 Å². The average molecular weight is 854 g/mol. The van der Waals surface area contributed by atoms with Crippen LogP contribution in [-0.4, -0.2) is 16.1 Å². The molecule has 67 heavy (non-hydrogen) atoms. The first-order chi connectivity index (χ1) is 33.1. The molecule has 1 aromatic heterocycles. The molecular weight excluding hydrogens is 811 g/mol. The molecular formula is C64H43N3. The lowest BCUT2D eigenvalue weighted by Gasteiger charge is -2.14. The van der Waals surface area contributed by atoms with Gasteiger partial charge in [-0.15, -0.1) is 0 Å². The van der Waals surface area contributed by atoms with E-state index in [0.29, 0.717) is 5.71 Å². The van der Waals surface area contributed by atoms with Crippen molar-refractivity contribution in [2.75, 3.05) is 0 Å². The first-order valence-electron chi connectivity index (χ1n) is 22.8. The van der Waals surface area contributed by atoms with Gasteiger partial charge in [0.25, 0.3) is 0 Å². The molecule has 3 nitrogen and oxygen atoms in total. The lowest BCUT2D eigenvalue weighted by molar-refractivity contribution is 1.18. The van der Waals surface area contributed by atoms with Crippen molar-refractivity contribution in [3.63, 3.8) is 0 Å². The van der Waals surface area contributed by atoms with Gasteiger partial charge in [0.2, 0.25) is 0 Å². The molecule has 0 aliphatic rings. The standard InChI is InChI=1S/C64H43N3/c65-64(50-15-3-1-4-16-50)66-59(48-35-33-47(34-36-48)54-23-13-25-61-63(54)57-22-11-12-24-60(57)67(61)52-18-5-2-6-19-52)41-28-43-26-29-44(30-27-43)45-31-37-49(38-32-45)62-55-21-10-8-17-51(55)42-58-53-20-9-7-14-46(53)39-40-56(58)62/h1-42,65H/b41-28+,65-64?,66-59?. The van der Waals surface area contributed by atoms with Crippen molar-refractivity contribution < 1.29 is 0 Å². The number of fused-ring (bicyclic) bond motifs is 7. The summed E-state index contributed by atoms with van der Waals surface area (Å²) in [6, 6.07) is 86.0. The van der Waals surface area contributed by atoms with Crippen molar-refractivity contribution in [1.82, 2.24) is 4.57 Å². The molecule has 1 N–H and O–H groups in total. The molecule has 0 fully saturated rings. The van der Waals surface area contributed by atoms with E-state index in [-0.39, 0.29) is 5.84 Å². The summed E-state index contributed by atoms with van der Waals surface area (Å²) >= 11 is 0. The summed E-state index contributed by atoms with van der Waals surface area (Å²) in [6.07, 6.45) is 4.12. The van der Waals surface area contributed by atoms with E-state index < -0.39 is 0 Å². The summed E-state index contributed by atoms with van der Waals surface area (Å²) in [5.74, 6) is 0.214. The Bertz CT molecular complexity index is 3880. The second kappa shape index (κ2) is 16.9. The van der Waals surface area contributed by atoms with E-state index in [1.165, 1.54) is 70.8 Å². The lowest BCUT2D eigenvalue weighted by atomic mass is 9.89. The molecule has 0 amide bonds. The van der Waals surface area contributed by atoms with Gasteiger partial charge in [-0.05, 0) is 108 Å². The Balaban J connectivity index is 0.856. The molecule has 12 aromatic rings. The van der Waals surface area contributed by atoms with E-state index in [9.17, 15) is 0 Å². The second-order valence-electron chi connectivity index (χ2n) is 17.1. The van der Waals surface area contributed by atoms with Crippen LogP contribution >= 0.6 is 0 Å². The van der Waals surface area contributed by atoms with Crippen molar-refractivity contribution in [3.8, 4) is 39.1 Å². The summed E-state index contributed by atoms with van der Waals surface area (Å²) in [5.41, 5.74) is 14.0. The van der Waals surface area contributed by atoms with Gasteiger partial charge in [-0.2, -0.15) is 0 Å². The van der Waals surface area contributed by atoms with Crippen molar-refractivity contribution in [3.05, 3.63) is 265 Å². The number of aliphatic imine (C=N–C) groups is 1.